The number of fused-ring (bicyclic) bond motifs is 1. The molecule has 4 aromatic carbocycles. The Kier molecular flexibility index (Phi) is 13.0. The fourth-order valence-electron chi connectivity index (χ4n) is 5.87. The van der Waals surface area contributed by atoms with Gasteiger partial charge in [-0.05, 0) is 54.2 Å². The van der Waals surface area contributed by atoms with Gasteiger partial charge in [0.2, 0.25) is 0 Å². The number of esters is 1. The Hall–Kier alpha value is -4.25. The molecule has 0 amide bonds. The first-order chi connectivity index (χ1) is 22.7. The molecule has 5 rings (SSSR count). The predicted octanol–water partition coefficient (Wildman–Crippen LogP) is 10.7. The molecule has 5 heteroatoms. The number of hydrogen-bond acceptors (Lipinski definition) is 5. The van der Waals surface area contributed by atoms with Crippen LogP contribution in [-0.2, 0) is 24.4 Å². The lowest BCUT2D eigenvalue weighted by Gasteiger charge is -2.28. The quantitative estimate of drug-likeness (QED) is 0.0629. The number of benzene rings is 4. The lowest BCUT2D eigenvalue weighted by molar-refractivity contribution is -0.134. The van der Waals surface area contributed by atoms with Crippen LogP contribution in [0.1, 0.15) is 106 Å². The Balaban J connectivity index is 1.20. The topological polar surface area (TPSA) is 54.0 Å². The Morgan fingerprint density at radius 3 is 2.02 bits per heavy atom. The van der Waals surface area contributed by atoms with Crippen molar-refractivity contribution in [2.75, 3.05) is 0 Å². The first-order valence-corrected chi connectivity index (χ1v) is 17.2. The highest BCUT2D eigenvalue weighted by atomic mass is 16.5. The SMILES string of the molecule is CCCCCCCCCCCC(=O)Oc1ccc(C2CCc3ccc(OCc4ccccc4)cc3O2)c(OCc2ccccc2)c1. The molecule has 0 N–H and O–H groups in total. The van der Waals surface area contributed by atoms with Gasteiger partial charge in [-0.1, -0.05) is 125 Å². The second kappa shape index (κ2) is 18.0. The highest BCUT2D eigenvalue weighted by molar-refractivity contribution is 5.72. The van der Waals surface area contributed by atoms with Crippen LogP contribution in [0, 0.1) is 0 Å². The molecule has 5 nitrogen and oxygen atoms in total. The summed E-state index contributed by atoms with van der Waals surface area (Å²) in [6, 6.07) is 32.0. The van der Waals surface area contributed by atoms with Crippen molar-refractivity contribution in [3.63, 3.8) is 0 Å². The number of ether oxygens (including phenoxy) is 4. The molecule has 0 saturated heterocycles. The van der Waals surface area contributed by atoms with Crippen molar-refractivity contribution in [1.29, 1.82) is 0 Å². The molecular formula is C41H48O5. The van der Waals surface area contributed by atoms with E-state index in [0.717, 1.165) is 59.4 Å². The fourth-order valence-corrected chi connectivity index (χ4v) is 5.87. The van der Waals surface area contributed by atoms with Crippen molar-refractivity contribution < 1.29 is 23.7 Å². The van der Waals surface area contributed by atoms with Crippen LogP contribution in [0.25, 0.3) is 0 Å². The van der Waals surface area contributed by atoms with E-state index in [2.05, 4.69) is 25.1 Å². The number of unbranched alkanes of at least 4 members (excludes halogenated alkanes) is 8. The van der Waals surface area contributed by atoms with E-state index in [1.807, 2.05) is 78.9 Å². The minimum absolute atomic E-state index is 0.199. The maximum absolute atomic E-state index is 12.7. The van der Waals surface area contributed by atoms with E-state index in [0.29, 0.717) is 31.1 Å². The number of carbonyl (C=O) groups excluding carboxylic acids is 1. The molecule has 1 atom stereocenters. The van der Waals surface area contributed by atoms with Crippen molar-refractivity contribution in [2.24, 2.45) is 0 Å². The molecule has 46 heavy (non-hydrogen) atoms. The van der Waals surface area contributed by atoms with Gasteiger partial charge in [-0.15, -0.1) is 0 Å². The molecule has 0 aromatic heterocycles. The second-order valence-corrected chi connectivity index (χ2v) is 12.2. The Bertz CT molecular complexity index is 1480. The summed E-state index contributed by atoms with van der Waals surface area (Å²) in [5.41, 5.74) is 4.29. The van der Waals surface area contributed by atoms with Crippen LogP contribution in [-0.4, -0.2) is 5.97 Å². The molecule has 1 unspecified atom stereocenters. The van der Waals surface area contributed by atoms with Crippen molar-refractivity contribution in [3.8, 4) is 23.0 Å². The summed E-state index contributed by atoms with van der Waals surface area (Å²) < 4.78 is 24.8. The lowest BCUT2D eigenvalue weighted by atomic mass is 9.96. The monoisotopic (exact) mass is 620 g/mol. The minimum Gasteiger partial charge on any atom is -0.489 e. The average molecular weight is 621 g/mol. The molecule has 1 aliphatic heterocycles. The van der Waals surface area contributed by atoms with Gasteiger partial charge in [0.15, 0.2) is 0 Å². The molecule has 4 aromatic rings. The summed E-state index contributed by atoms with van der Waals surface area (Å²) in [6.07, 6.45) is 12.8. The average Bonchev–Trinajstić information content (AvgIpc) is 3.10. The van der Waals surface area contributed by atoms with E-state index in [-0.39, 0.29) is 12.1 Å². The van der Waals surface area contributed by atoms with Gasteiger partial charge < -0.3 is 18.9 Å². The molecule has 0 saturated carbocycles. The fraction of sp³-hybridized carbons (Fsp3) is 0.390. The first kappa shape index (κ1) is 33.1. The standard InChI is InChI=1S/C41H48O5/c1-2-3-4-5-6-7-8-9-16-21-41(42)45-36-25-26-37(40(29-36)44-31-33-19-14-11-15-20-33)38-27-23-34-22-24-35(28-39(34)46-38)43-30-32-17-12-10-13-18-32/h10-15,17-20,22,24-26,28-29,38H,2-9,16,21,23,27,30-31H2,1H3. The van der Waals surface area contributed by atoms with Crippen LogP contribution in [0.3, 0.4) is 0 Å². The van der Waals surface area contributed by atoms with Crippen LogP contribution in [0.2, 0.25) is 0 Å². The smallest absolute Gasteiger partial charge is 0.311 e. The summed E-state index contributed by atoms with van der Waals surface area (Å²) >= 11 is 0. The summed E-state index contributed by atoms with van der Waals surface area (Å²) in [7, 11) is 0. The van der Waals surface area contributed by atoms with Gasteiger partial charge in [0.25, 0.3) is 0 Å². The molecular weight excluding hydrogens is 572 g/mol. The summed E-state index contributed by atoms with van der Waals surface area (Å²) in [5, 5.41) is 0. The van der Waals surface area contributed by atoms with Crippen molar-refractivity contribution >= 4 is 5.97 Å². The van der Waals surface area contributed by atoms with Crippen LogP contribution in [0.5, 0.6) is 23.0 Å². The van der Waals surface area contributed by atoms with Gasteiger partial charge in [0.1, 0.15) is 42.3 Å². The van der Waals surface area contributed by atoms with Gasteiger partial charge >= 0.3 is 5.97 Å². The highest BCUT2D eigenvalue weighted by Crippen LogP contribution is 2.41. The Morgan fingerprint density at radius 2 is 1.33 bits per heavy atom. The van der Waals surface area contributed by atoms with E-state index >= 15 is 0 Å². The molecule has 0 bridgehead atoms. The molecule has 242 valence electrons. The number of carbonyl (C=O) groups is 1. The third kappa shape index (κ3) is 10.4. The first-order valence-electron chi connectivity index (χ1n) is 17.2. The number of hydrogen-bond donors (Lipinski definition) is 0. The van der Waals surface area contributed by atoms with Crippen molar-refractivity contribution in [1.82, 2.24) is 0 Å². The van der Waals surface area contributed by atoms with Gasteiger partial charge in [0.05, 0.1) is 0 Å². The van der Waals surface area contributed by atoms with Gasteiger partial charge in [-0.25, -0.2) is 0 Å². The Morgan fingerprint density at radius 1 is 0.696 bits per heavy atom. The predicted molar refractivity (Wildman–Crippen MR) is 184 cm³/mol. The third-order valence-electron chi connectivity index (χ3n) is 8.52. The summed E-state index contributed by atoms with van der Waals surface area (Å²) in [5.74, 6) is 2.57. The van der Waals surface area contributed by atoms with Gasteiger partial charge in [-0.3, -0.25) is 4.79 Å². The van der Waals surface area contributed by atoms with Crippen molar-refractivity contribution in [3.05, 3.63) is 119 Å². The van der Waals surface area contributed by atoms with E-state index in [4.69, 9.17) is 18.9 Å². The summed E-state index contributed by atoms with van der Waals surface area (Å²) in [4.78, 5) is 12.7. The number of rotatable bonds is 18. The van der Waals surface area contributed by atoms with E-state index in [1.165, 1.54) is 44.9 Å². The number of aryl methyl sites for hydroxylation is 1. The van der Waals surface area contributed by atoms with Crippen LogP contribution < -0.4 is 18.9 Å². The molecule has 0 spiro atoms. The normalized spacial score (nSPS) is 13.8. The van der Waals surface area contributed by atoms with Crippen LogP contribution >= 0.6 is 0 Å². The third-order valence-corrected chi connectivity index (χ3v) is 8.52. The van der Waals surface area contributed by atoms with E-state index < -0.39 is 0 Å². The molecule has 1 aliphatic rings. The zero-order valence-corrected chi connectivity index (χ0v) is 27.3. The van der Waals surface area contributed by atoms with Crippen molar-refractivity contribution in [2.45, 2.75) is 103 Å². The molecule has 0 fully saturated rings. The van der Waals surface area contributed by atoms with E-state index in [1.54, 1.807) is 0 Å². The highest BCUT2D eigenvalue weighted by Gasteiger charge is 2.25. The Labute approximate surface area is 274 Å². The second-order valence-electron chi connectivity index (χ2n) is 12.2. The maximum atomic E-state index is 12.7. The largest absolute Gasteiger partial charge is 0.489 e. The van der Waals surface area contributed by atoms with Crippen LogP contribution in [0.15, 0.2) is 97.1 Å². The summed E-state index contributed by atoms with van der Waals surface area (Å²) in [6.45, 7) is 3.15. The maximum Gasteiger partial charge on any atom is 0.311 e. The minimum atomic E-state index is -0.200. The van der Waals surface area contributed by atoms with Gasteiger partial charge in [-0.2, -0.15) is 0 Å². The molecule has 1 heterocycles. The van der Waals surface area contributed by atoms with E-state index in [9.17, 15) is 4.79 Å². The molecule has 0 aliphatic carbocycles. The lowest BCUT2D eigenvalue weighted by Crippen LogP contribution is -2.16. The van der Waals surface area contributed by atoms with Gasteiger partial charge in [0, 0.05) is 24.1 Å². The molecule has 0 radical (unpaired) electrons. The zero-order valence-electron chi connectivity index (χ0n) is 27.3. The van der Waals surface area contributed by atoms with Crippen LogP contribution in [0.4, 0.5) is 0 Å². The zero-order chi connectivity index (χ0) is 31.8.